The Hall–Kier alpha value is -1.14. The van der Waals surface area contributed by atoms with Crippen molar-refractivity contribution < 1.29 is 19.4 Å². The van der Waals surface area contributed by atoms with E-state index < -0.39 is 5.97 Å². The lowest BCUT2D eigenvalue weighted by Crippen LogP contribution is -2.49. The summed E-state index contributed by atoms with van der Waals surface area (Å²) < 4.78 is 5.42. The zero-order valence-corrected chi connectivity index (χ0v) is 11.4. The largest absolute Gasteiger partial charge is 0.481 e. The first-order valence-corrected chi connectivity index (χ1v) is 6.91. The Morgan fingerprint density at radius 3 is 2.53 bits per heavy atom. The second-order valence-corrected chi connectivity index (χ2v) is 5.41. The van der Waals surface area contributed by atoms with Crippen molar-refractivity contribution in [2.75, 3.05) is 39.3 Å². The van der Waals surface area contributed by atoms with Crippen LogP contribution in [0.3, 0.4) is 0 Å². The fourth-order valence-corrected chi connectivity index (χ4v) is 2.67. The number of hydrogen-bond donors (Lipinski definition) is 1. The SMILES string of the molecule is CC1CN(C(=O)CN2CCC(C(=O)O)CC2)CCO1. The van der Waals surface area contributed by atoms with E-state index in [-0.39, 0.29) is 17.9 Å². The first-order chi connectivity index (χ1) is 9.06. The minimum absolute atomic E-state index is 0.107. The molecule has 1 atom stereocenters. The molecular formula is C13H22N2O4. The molecule has 6 nitrogen and oxygen atoms in total. The molecule has 2 aliphatic heterocycles. The Bertz CT molecular complexity index is 340. The number of nitrogens with zero attached hydrogens (tertiary/aromatic N) is 2. The van der Waals surface area contributed by atoms with Gasteiger partial charge in [0.2, 0.25) is 5.91 Å². The number of carboxylic acid groups (broad SMARTS) is 1. The van der Waals surface area contributed by atoms with Gasteiger partial charge in [0.1, 0.15) is 0 Å². The van der Waals surface area contributed by atoms with Crippen LogP contribution in [0.5, 0.6) is 0 Å². The predicted molar refractivity (Wildman–Crippen MR) is 68.8 cm³/mol. The van der Waals surface area contributed by atoms with Gasteiger partial charge in [0, 0.05) is 13.1 Å². The summed E-state index contributed by atoms with van der Waals surface area (Å²) in [5, 5.41) is 8.93. The molecule has 1 amide bonds. The first-order valence-electron chi connectivity index (χ1n) is 6.91. The third-order valence-corrected chi connectivity index (χ3v) is 3.89. The highest BCUT2D eigenvalue weighted by molar-refractivity contribution is 5.78. The molecule has 2 saturated heterocycles. The summed E-state index contributed by atoms with van der Waals surface area (Å²) in [7, 11) is 0. The van der Waals surface area contributed by atoms with Crippen LogP contribution in [0, 0.1) is 5.92 Å². The smallest absolute Gasteiger partial charge is 0.306 e. The Morgan fingerprint density at radius 2 is 1.95 bits per heavy atom. The van der Waals surface area contributed by atoms with Crippen molar-refractivity contribution in [3.63, 3.8) is 0 Å². The number of ether oxygens (including phenoxy) is 1. The topological polar surface area (TPSA) is 70.1 Å². The molecule has 0 saturated carbocycles. The lowest BCUT2D eigenvalue weighted by molar-refractivity contribution is -0.144. The van der Waals surface area contributed by atoms with Gasteiger partial charge in [-0.2, -0.15) is 0 Å². The van der Waals surface area contributed by atoms with E-state index in [2.05, 4.69) is 4.90 Å². The predicted octanol–water partition coefficient (Wildman–Crippen LogP) is 0.0303. The fraction of sp³-hybridized carbons (Fsp3) is 0.846. The van der Waals surface area contributed by atoms with Gasteiger partial charge >= 0.3 is 5.97 Å². The van der Waals surface area contributed by atoms with Crippen molar-refractivity contribution in [2.24, 2.45) is 5.92 Å². The van der Waals surface area contributed by atoms with Crippen molar-refractivity contribution in [1.29, 1.82) is 0 Å². The van der Waals surface area contributed by atoms with Crippen molar-refractivity contribution in [3.05, 3.63) is 0 Å². The summed E-state index contributed by atoms with van der Waals surface area (Å²) in [6.07, 6.45) is 1.39. The van der Waals surface area contributed by atoms with Crippen LogP contribution < -0.4 is 0 Å². The summed E-state index contributed by atoms with van der Waals surface area (Å²) in [5.41, 5.74) is 0. The molecule has 0 aromatic carbocycles. The maximum absolute atomic E-state index is 12.1. The number of hydrogen-bond acceptors (Lipinski definition) is 4. The number of carbonyl (C=O) groups excluding carboxylic acids is 1. The van der Waals surface area contributed by atoms with E-state index in [4.69, 9.17) is 9.84 Å². The number of piperidine rings is 1. The van der Waals surface area contributed by atoms with Gasteiger partial charge in [-0.3, -0.25) is 14.5 Å². The molecular weight excluding hydrogens is 248 g/mol. The highest BCUT2D eigenvalue weighted by Crippen LogP contribution is 2.17. The number of aliphatic carboxylic acids is 1. The molecule has 0 radical (unpaired) electrons. The molecule has 2 rings (SSSR count). The Kier molecular flexibility index (Phi) is 4.76. The van der Waals surface area contributed by atoms with Gasteiger partial charge in [0.15, 0.2) is 0 Å². The Labute approximate surface area is 113 Å². The second-order valence-electron chi connectivity index (χ2n) is 5.41. The molecule has 19 heavy (non-hydrogen) atoms. The van der Waals surface area contributed by atoms with Crippen LogP contribution in [0.1, 0.15) is 19.8 Å². The van der Waals surface area contributed by atoms with E-state index in [0.29, 0.717) is 52.2 Å². The lowest BCUT2D eigenvalue weighted by atomic mass is 9.97. The van der Waals surface area contributed by atoms with E-state index in [1.54, 1.807) is 0 Å². The highest BCUT2D eigenvalue weighted by Gasteiger charge is 2.27. The normalized spacial score (nSPS) is 26.4. The first kappa shape index (κ1) is 14.3. The van der Waals surface area contributed by atoms with Crippen LogP contribution in [0.15, 0.2) is 0 Å². The molecule has 108 valence electrons. The number of morpholine rings is 1. The van der Waals surface area contributed by atoms with Crippen LogP contribution in [0.2, 0.25) is 0 Å². The number of carbonyl (C=O) groups is 2. The van der Waals surface area contributed by atoms with Crippen LogP contribution in [0.25, 0.3) is 0 Å². The minimum atomic E-state index is -0.715. The van der Waals surface area contributed by atoms with Crippen molar-refractivity contribution >= 4 is 11.9 Å². The van der Waals surface area contributed by atoms with E-state index in [1.165, 1.54) is 0 Å². The van der Waals surface area contributed by atoms with E-state index in [1.807, 2.05) is 11.8 Å². The lowest BCUT2D eigenvalue weighted by Gasteiger charge is -2.34. The summed E-state index contributed by atoms with van der Waals surface area (Å²) in [6, 6.07) is 0. The molecule has 1 unspecified atom stereocenters. The van der Waals surface area contributed by atoms with Gasteiger partial charge in [-0.1, -0.05) is 0 Å². The third kappa shape index (κ3) is 3.91. The second kappa shape index (κ2) is 6.34. The zero-order valence-electron chi connectivity index (χ0n) is 11.4. The summed E-state index contributed by atoms with van der Waals surface area (Å²) in [4.78, 5) is 26.9. The quantitative estimate of drug-likeness (QED) is 0.783. The third-order valence-electron chi connectivity index (χ3n) is 3.89. The van der Waals surface area contributed by atoms with E-state index >= 15 is 0 Å². The van der Waals surface area contributed by atoms with E-state index in [0.717, 1.165) is 0 Å². The van der Waals surface area contributed by atoms with Gasteiger partial charge in [-0.05, 0) is 32.9 Å². The average Bonchev–Trinajstić information content (AvgIpc) is 2.39. The highest BCUT2D eigenvalue weighted by atomic mass is 16.5. The van der Waals surface area contributed by atoms with Crippen LogP contribution in [-0.4, -0.2) is 72.2 Å². The van der Waals surface area contributed by atoms with Crippen LogP contribution in [-0.2, 0) is 14.3 Å². The molecule has 2 aliphatic rings. The number of carboxylic acids is 1. The van der Waals surface area contributed by atoms with Gasteiger partial charge in [0.25, 0.3) is 0 Å². The maximum Gasteiger partial charge on any atom is 0.306 e. The molecule has 0 aromatic rings. The fourth-order valence-electron chi connectivity index (χ4n) is 2.67. The number of likely N-dealkylation sites (tertiary alicyclic amines) is 1. The standard InChI is InChI=1S/C13H22N2O4/c1-10-8-15(6-7-19-10)12(16)9-14-4-2-11(3-5-14)13(17)18/h10-11H,2-9H2,1H3,(H,17,18). The number of amides is 1. The van der Waals surface area contributed by atoms with Crippen molar-refractivity contribution in [1.82, 2.24) is 9.80 Å². The molecule has 2 fully saturated rings. The summed E-state index contributed by atoms with van der Waals surface area (Å²) in [6.45, 7) is 5.69. The number of rotatable bonds is 3. The molecule has 0 aliphatic carbocycles. The summed E-state index contributed by atoms with van der Waals surface area (Å²) >= 11 is 0. The van der Waals surface area contributed by atoms with Crippen molar-refractivity contribution in [2.45, 2.75) is 25.9 Å². The van der Waals surface area contributed by atoms with E-state index in [9.17, 15) is 9.59 Å². The van der Waals surface area contributed by atoms with Gasteiger partial charge in [-0.15, -0.1) is 0 Å². The molecule has 2 heterocycles. The van der Waals surface area contributed by atoms with Crippen molar-refractivity contribution in [3.8, 4) is 0 Å². The zero-order chi connectivity index (χ0) is 13.8. The Balaban J connectivity index is 1.75. The Morgan fingerprint density at radius 1 is 1.26 bits per heavy atom. The van der Waals surface area contributed by atoms with Gasteiger partial charge in [0.05, 0.1) is 25.2 Å². The monoisotopic (exact) mass is 270 g/mol. The van der Waals surface area contributed by atoms with Gasteiger partial charge < -0.3 is 14.7 Å². The van der Waals surface area contributed by atoms with Crippen LogP contribution >= 0.6 is 0 Å². The van der Waals surface area contributed by atoms with Crippen LogP contribution in [0.4, 0.5) is 0 Å². The molecule has 0 aromatic heterocycles. The van der Waals surface area contributed by atoms with Gasteiger partial charge in [-0.25, -0.2) is 0 Å². The maximum atomic E-state index is 12.1. The minimum Gasteiger partial charge on any atom is -0.481 e. The molecule has 6 heteroatoms. The molecule has 0 bridgehead atoms. The average molecular weight is 270 g/mol. The molecule has 0 spiro atoms. The summed E-state index contributed by atoms with van der Waals surface area (Å²) in [5.74, 6) is -0.827. The molecule has 1 N–H and O–H groups in total.